The molecule has 1 unspecified atom stereocenters. The van der Waals surface area contributed by atoms with Crippen LogP contribution in [0, 0.1) is 0 Å². The predicted octanol–water partition coefficient (Wildman–Crippen LogP) is 3.33. The molecule has 0 saturated carbocycles. The van der Waals surface area contributed by atoms with E-state index in [9.17, 15) is 5.11 Å². The highest BCUT2D eigenvalue weighted by Crippen LogP contribution is 2.38. The molecule has 1 heterocycles. The van der Waals surface area contributed by atoms with Crippen LogP contribution in [-0.2, 0) is 5.60 Å². The Bertz CT molecular complexity index is 673. The van der Waals surface area contributed by atoms with Gasteiger partial charge in [0.1, 0.15) is 5.60 Å². The molecule has 3 heteroatoms. The summed E-state index contributed by atoms with van der Waals surface area (Å²) in [4.78, 5) is 5.43. The second-order valence-electron chi connectivity index (χ2n) is 4.87. The lowest BCUT2D eigenvalue weighted by Gasteiger charge is -2.26. The van der Waals surface area contributed by atoms with Crippen molar-refractivity contribution >= 4 is 12.3 Å². The smallest absolute Gasteiger partial charge is 0.171 e. The van der Waals surface area contributed by atoms with E-state index in [4.69, 9.17) is 4.84 Å². The van der Waals surface area contributed by atoms with Crippen LogP contribution in [-0.4, -0.2) is 11.3 Å². The quantitative estimate of drug-likeness (QED) is 0.905. The van der Waals surface area contributed by atoms with E-state index in [1.807, 2.05) is 60.7 Å². The number of para-hydroxylation sites is 1. The summed E-state index contributed by atoms with van der Waals surface area (Å²) in [6.07, 6.45) is 5.31. The Kier molecular flexibility index (Phi) is 3.12. The average Bonchev–Trinajstić information content (AvgIpc) is 2.73. The molecular weight excluding hydrogens is 250 g/mol. The Morgan fingerprint density at radius 3 is 2.65 bits per heavy atom. The molecule has 1 atom stereocenters. The number of allylic oxidation sites excluding steroid dienone is 1. The van der Waals surface area contributed by atoms with E-state index in [0.29, 0.717) is 11.3 Å². The summed E-state index contributed by atoms with van der Waals surface area (Å²) >= 11 is 0. The Morgan fingerprint density at radius 2 is 1.85 bits per heavy atom. The van der Waals surface area contributed by atoms with E-state index in [-0.39, 0.29) is 0 Å². The van der Waals surface area contributed by atoms with E-state index in [0.717, 1.165) is 11.1 Å². The van der Waals surface area contributed by atoms with Gasteiger partial charge in [0.2, 0.25) is 0 Å². The van der Waals surface area contributed by atoms with Crippen molar-refractivity contribution in [2.75, 3.05) is 0 Å². The maximum atomic E-state index is 10.9. The molecule has 0 amide bonds. The van der Waals surface area contributed by atoms with Gasteiger partial charge in [-0.2, -0.15) is 0 Å². The maximum Gasteiger partial charge on any atom is 0.171 e. The summed E-state index contributed by atoms with van der Waals surface area (Å²) in [5.41, 5.74) is 1.27. The van der Waals surface area contributed by atoms with Crippen molar-refractivity contribution in [3.8, 4) is 5.75 Å². The molecule has 0 radical (unpaired) electrons. The van der Waals surface area contributed by atoms with Gasteiger partial charge in [-0.05, 0) is 24.6 Å². The van der Waals surface area contributed by atoms with Crippen LogP contribution in [0.5, 0.6) is 5.75 Å². The van der Waals surface area contributed by atoms with Crippen molar-refractivity contribution in [2.45, 2.75) is 12.5 Å². The predicted molar refractivity (Wildman–Crippen MR) is 79.7 cm³/mol. The normalized spacial score (nSPS) is 15.9. The number of hydrogen-bond acceptors (Lipinski definition) is 3. The van der Waals surface area contributed by atoms with Crippen LogP contribution < -0.4 is 4.84 Å². The van der Waals surface area contributed by atoms with Crippen molar-refractivity contribution < 1.29 is 9.94 Å². The molecule has 2 aromatic rings. The van der Waals surface area contributed by atoms with Crippen molar-refractivity contribution in [3.63, 3.8) is 0 Å². The van der Waals surface area contributed by atoms with Crippen LogP contribution in [0.3, 0.4) is 0 Å². The lowest BCUT2D eigenvalue weighted by molar-refractivity contribution is 0.0980. The molecule has 0 fully saturated rings. The average molecular weight is 265 g/mol. The standard InChI is InChI=1S/C17H15NO2/c1-17(19,14-9-3-2-4-10-14)15-11-5-7-13-8-6-12-18-20-16(13)15/h2-12,19H,1H3. The van der Waals surface area contributed by atoms with Gasteiger partial charge in [-0.15, -0.1) is 0 Å². The molecule has 1 aliphatic heterocycles. The molecule has 3 rings (SSSR count). The third-order valence-corrected chi connectivity index (χ3v) is 3.47. The first-order valence-corrected chi connectivity index (χ1v) is 6.48. The van der Waals surface area contributed by atoms with Crippen LogP contribution in [0.2, 0.25) is 0 Å². The van der Waals surface area contributed by atoms with Gasteiger partial charge in [0, 0.05) is 11.1 Å². The largest absolute Gasteiger partial charge is 0.381 e. The first-order valence-electron chi connectivity index (χ1n) is 6.48. The second-order valence-corrected chi connectivity index (χ2v) is 4.87. The summed E-state index contributed by atoms with van der Waals surface area (Å²) in [5.74, 6) is 0.589. The first-order chi connectivity index (χ1) is 9.69. The van der Waals surface area contributed by atoms with Gasteiger partial charge in [-0.3, -0.25) is 0 Å². The summed E-state index contributed by atoms with van der Waals surface area (Å²) in [6.45, 7) is 1.76. The van der Waals surface area contributed by atoms with Crippen molar-refractivity contribution in [2.24, 2.45) is 5.16 Å². The van der Waals surface area contributed by atoms with E-state index >= 15 is 0 Å². The van der Waals surface area contributed by atoms with Crippen LogP contribution in [0.4, 0.5) is 0 Å². The fourth-order valence-corrected chi connectivity index (χ4v) is 2.35. The third kappa shape index (κ3) is 2.12. The van der Waals surface area contributed by atoms with Crippen molar-refractivity contribution in [1.29, 1.82) is 0 Å². The van der Waals surface area contributed by atoms with Crippen LogP contribution in [0.25, 0.3) is 6.08 Å². The Hall–Kier alpha value is -2.39. The Balaban J connectivity index is 2.16. The summed E-state index contributed by atoms with van der Waals surface area (Å²) in [6, 6.07) is 15.2. The number of hydrogen-bond donors (Lipinski definition) is 1. The lowest BCUT2D eigenvalue weighted by atomic mass is 9.86. The number of fused-ring (bicyclic) bond motifs is 1. The minimum absolute atomic E-state index is 0.589. The van der Waals surface area contributed by atoms with E-state index in [1.54, 1.807) is 13.1 Å². The minimum atomic E-state index is -1.14. The number of oxime groups is 1. The Morgan fingerprint density at radius 1 is 1.05 bits per heavy atom. The van der Waals surface area contributed by atoms with E-state index in [1.165, 1.54) is 0 Å². The van der Waals surface area contributed by atoms with Gasteiger partial charge in [0.25, 0.3) is 0 Å². The molecule has 1 aliphatic rings. The van der Waals surface area contributed by atoms with Gasteiger partial charge in [-0.25, -0.2) is 0 Å². The molecule has 0 bridgehead atoms. The zero-order valence-corrected chi connectivity index (χ0v) is 11.2. The van der Waals surface area contributed by atoms with Gasteiger partial charge in [-0.1, -0.05) is 53.7 Å². The Labute approximate surface area is 117 Å². The molecule has 0 spiro atoms. The molecule has 20 heavy (non-hydrogen) atoms. The summed E-state index contributed by atoms with van der Waals surface area (Å²) in [5, 5.41) is 14.8. The molecular formula is C17H15NO2. The van der Waals surface area contributed by atoms with Crippen LogP contribution in [0.1, 0.15) is 23.6 Å². The SMILES string of the molecule is CC(O)(c1ccccc1)c1cccc2c1ON=CC=C2. The van der Waals surface area contributed by atoms with Gasteiger partial charge in [0.15, 0.2) is 5.75 Å². The van der Waals surface area contributed by atoms with Gasteiger partial charge >= 0.3 is 0 Å². The molecule has 0 aromatic heterocycles. The number of rotatable bonds is 2. The van der Waals surface area contributed by atoms with E-state index < -0.39 is 5.60 Å². The topological polar surface area (TPSA) is 41.8 Å². The molecule has 3 nitrogen and oxygen atoms in total. The molecule has 1 N–H and O–H groups in total. The van der Waals surface area contributed by atoms with Crippen molar-refractivity contribution in [1.82, 2.24) is 0 Å². The summed E-state index contributed by atoms with van der Waals surface area (Å²) < 4.78 is 0. The fourth-order valence-electron chi connectivity index (χ4n) is 2.35. The second kappa shape index (κ2) is 4.94. The highest BCUT2D eigenvalue weighted by Gasteiger charge is 2.30. The molecule has 2 aromatic carbocycles. The first kappa shape index (κ1) is 12.6. The zero-order chi connectivity index (χ0) is 14.0. The van der Waals surface area contributed by atoms with Crippen LogP contribution >= 0.6 is 0 Å². The lowest BCUT2D eigenvalue weighted by Crippen LogP contribution is -2.23. The summed E-state index contributed by atoms with van der Waals surface area (Å²) in [7, 11) is 0. The maximum absolute atomic E-state index is 10.9. The monoisotopic (exact) mass is 265 g/mol. The highest BCUT2D eigenvalue weighted by atomic mass is 16.6. The number of benzene rings is 2. The van der Waals surface area contributed by atoms with E-state index in [2.05, 4.69) is 5.16 Å². The molecule has 0 aliphatic carbocycles. The highest BCUT2D eigenvalue weighted by molar-refractivity contribution is 5.80. The van der Waals surface area contributed by atoms with Crippen LogP contribution in [0.15, 0.2) is 59.8 Å². The minimum Gasteiger partial charge on any atom is -0.381 e. The number of nitrogens with zero attached hydrogens (tertiary/aromatic N) is 1. The van der Waals surface area contributed by atoms with Gasteiger partial charge in [0.05, 0.1) is 6.21 Å². The van der Waals surface area contributed by atoms with Crippen molar-refractivity contribution in [3.05, 3.63) is 71.3 Å². The van der Waals surface area contributed by atoms with Gasteiger partial charge < -0.3 is 9.94 Å². The molecule has 0 saturated heterocycles. The fraction of sp³-hybridized carbons (Fsp3) is 0.118. The zero-order valence-electron chi connectivity index (χ0n) is 11.2. The number of aliphatic hydroxyl groups is 1. The molecule has 100 valence electrons. The third-order valence-electron chi connectivity index (χ3n) is 3.47.